The van der Waals surface area contributed by atoms with Crippen LogP contribution in [-0.4, -0.2) is 38.9 Å². The Balaban J connectivity index is 1.69. The van der Waals surface area contributed by atoms with Gasteiger partial charge in [-0.15, -0.1) is 5.10 Å². The molecule has 0 N–H and O–H groups in total. The lowest BCUT2D eigenvalue weighted by molar-refractivity contribution is 0.0617. The van der Waals surface area contributed by atoms with Gasteiger partial charge in [-0.25, -0.2) is 4.68 Å². The monoisotopic (exact) mass is 298 g/mol. The van der Waals surface area contributed by atoms with E-state index in [-0.39, 0.29) is 5.91 Å². The minimum absolute atomic E-state index is 0.00212. The number of benzene rings is 1. The van der Waals surface area contributed by atoms with E-state index in [0.29, 0.717) is 24.1 Å². The first-order valence-corrected chi connectivity index (χ1v) is 7.85. The zero-order chi connectivity index (χ0) is 15.5. The third-order valence-electron chi connectivity index (χ3n) is 4.10. The quantitative estimate of drug-likeness (QED) is 0.874. The van der Waals surface area contributed by atoms with Crippen molar-refractivity contribution in [2.45, 2.75) is 26.8 Å². The van der Waals surface area contributed by atoms with Gasteiger partial charge in [0, 0.05) is 13.1 Å². The molecule has 2 atom stereocenters. The first-order valence-electron chi connectivity index (χ1n) is 7.85. The predicted molar refractivity (Wildman–Crippen MR) is 84.4 cm³/mol. The third-order valence-corrected chi connectivity index (χ3v) is 4.10. The van der Waals surface area contributed by atoms with E-state index in [1.807, 2.05) is 35.2 Å². The van der Waals surface area contributed by atoms with Gasteiger partial charge in [-0.3, -0.25) is 4.79 Å². The van der Waals surface area contributed by atoms with Gasteiger partial charge in [-0.1, -0.05) is 49.4 Å². The van der Waals surface area contributed by atoms with E-state index in [9.17, 15) is 4.79 Å². The SMILES string of the molecule is CC1CC(C)CN(C(=O)c2cn(Cc3ccccc3)nn2)C1. The van der Waals surface area contributed by atoms with Crippen molar-refractivity contribution in [3.8, 4) is 0 Å². The first-order chi connectivity index (χ1) is 10.6. The highest BCUT2D eigenvalue weighted by molar-refractivity contribution is 5.92. The highest BCUT2D eigenvalue weighted by Crippen LogP contribution is 2.22. The average Bonchev–Trinajstić information content (AvgIpc) is 2.95. The van der Waals surface area contributed by atoms with E-state index in [2.05, 4.69) is 24.2 Å². The third kappa shape index (κ3) is 3.35. The van der Waals surface area contributed by atoms with Crippen LogP contribution in [0.15, 0.2) is 36.5 Å². The Labute approximate surface area is 130 Å². The van der Waals surface area contributed by atoms with Crippen molar-refractivity contribution in [2.75, 3.05) is 13.1 Å². The average molecular weight is 298 g/mol. The molecule has 5 nitrogen and oxygen atoms in total. The van der Waals surface area contributed by atoms with Crippen LogP contribution in [0.5, 0.6) is 0 Å². The molecule has 0 saturated carbocycles. The van der Waals surface area contributed by atoms with E-state index in [1.165, 1.54) is 6.42 Å². The molecule has 1 amide bonds. The standard InChI is InChI=1S/C17H22N4O/c1-13-8-14(2)10-20(9-13)17(22)16-12-21(19-18-16)11-15-6-4-3-5-7-15/h3-7,12-14H,8-11H2,1-2H3. The highest BCUT2D eigenvalue weighted by atomic mass is 16.2. The van der Waals surface area contributed by atoms with E-state index in [4.69, 9.17) is 0 Å². The fraction of sp³-hybridized carbons (Fsp3) is 0.471. The second-order valence-electron chi connectivity index (χ2n) is 6.44. The Kier molecular flexibility index (Phi) is 4.22. The lowest BCUT2D eigenvalue weighted by Crippen LogP contribution is -2.42. The fourth-order valence-electron chi connectivity index (χ4n) is 3.23. The summed E-state index contributed by atoms with van der Waals surface area (Å²) < 4.78 is 1.72. The van der Waals surface area contributed by atoms with Crippen molar-refractivity contribution in [3.05, 3.63) is 47.8 Å². The second-order valence-corrected chi connectivity index (χ2v) is 6.44. The van der Waals surface area contributed by atoms with Gasteiger partial charge in [0.05, 0.1) is 12.7 Å². The molecule has 1 fully saturated rings. The summed E-state index contributed by atoms with van der Waals surface area (Å²) in [7, 11) is 0. The summed E-state index contributed by atoms with van der Waals surface area (Å²) in [6.07, 6.45) is 2.93. The van der Waals surface area contributed by atoms with Gasteiger partial charge in [0.15, 0.2) is 5.69 Å². The van der Waals surface area contributed by atoms with Crippen molar-refractivity contribution in [3.63, 3.8) is 0 Å². The van der Waals surface area contributed by atoms with E-state index in [1.54, 1.807) is 10.9 Å². The smallest absolute Gasteiger partial charge is 0.276 e. The van der Waals surface area contributed by atoms with Crippen LogP contribution in [0.2, 0.25) is 0 Å². The van der Waals surface area contributed by atoms with E-state index < -0.39 is 0 Å². The van der Waals surface area contributed by atoms with Crippen LogP contribution in [0.3, 0.4) is 0 Å². The summed E-state index contributed by atoms with van der Waals surface area (Å²) in [6, 6.07) is 10.1. The van der Waals surface area contributed by atoms with Gasteiger partial charge in [0.1, 0.15) is 0 Å². The molecular formula is C17H22N4O. The summed E-state index contributed by atoms with van der Waals surface area (Å²) in [6.45, 7) is 6.65. The van der Waals surface area contributed by atoms with Crippen molar-refractivity contribution in [1.82, 2.24) is 19.9 Å². The van der Waals surface area contributed by atoms with Gasteiger partial charge < -0.3 is 4.90 Å². The van der Waals surface area contributed by atoms with E-state index >= 15 is 0 Å². The summed E-state index contributed by atoms with van der Waals surface area (Å²) in [4.78, 5) is 14.5. The lowest BCUT2D eigenvalue weighted by atomic mass is 9.92. The Bertz CT molecular complexity index is 627. The first kappa shape index (κ1) is 14.8. The van der Waals surface area contributed by atoms with Crippen LogP contribution >= 0.6 is 0 Å². The molecule has 116 valence electrons. The number of carbonyl (C=O) groups excluding carboxylic acids is 1. The van der Waals surface area contributed by atoms with Crippen LogP contribution in [0.1, 0.15) is 36.3 Å². The minimum atomic E-state index is -0.00212. The Morgan fingerprint density at radius 1 is 1.18 bits per heavy atom. The van der Waals surface area contributed by atoms with Crippen LogP contribution in [-0.2, 0) is 6.54 Å². The molecule has 2 heterocycles. The molecule has 2 aromatic rings. The second kappa shape index (κ2) is 6.30. The number of piperidine rings is 1. The van der Waals surface area contributed by atoms with Crippen LogP contribution in [0.25, 0.3) is 0 Å². The zero-order valence-electron chi connectivity index (χ0n) is 13.1. The molecule has 0 aliphatic carbocycles. The number of nitrogens with zero attached hydrogens (tertiary/aromatic N) is 4. The molecule has 1 aromatic carbocycles. The number of likely N-dealkylation sites (tertiary alicyclic amines) is 1. The molecular weight excluding hydrogens is 276 g/mol. The van der Waals surface area contributed by atoms with Crippen LogP contribution in [0.4, 0.5) is 0 Å². The number of aromatic nitrogens is 3. The van der Waals surface area contributed by atoms with Crippen molar-refractivity contribution < 1.29 is 4.79 Å². The molecule has 22 heavy (non-hydrogen) atoms. The van der Waals surface area contributed by atoms with E-state index in [0.717, 1.165) is 18.7 Å². The molecule has 0 bridgehead atoms. The predicted octanol–water partition coefficient (Wildman–Crippen LogP) is 2.44. The molecule has 0 radical (unpaired) electrons. The summed E-state index contributed by atoms with van der Waals surface area (Å²) in [5.74, 6) is 1.09. The van der Waals surface area contributed by atoms with Crippen LogP contribution < -0.4 is 0 Å². The van der Waals surface area contributed by atoms with Gasteiger partial charge in [-0.05, 0) is 23.8 Å². The maximum Gasteiger partial charge on any atom is 0.276 e. The Morgan fingerprint density at radius 3 is 2.55 bits per heavy atom. The number of carbonyl (C=O) groups is 1. The Morgan fingerprint density at radius 2 is 1.86 bits per heavy atom. The molecule has 3 rings (SSSR count). The summed E-state index contributed by atoms with van der Waals surface area (Å²) in [5.41, 5.74) is 1.59. The molecule has 0 spiro atoms. The molecule has 1 saturated heterocycles. The van der Waals surface area contributed by atoms with Crippen LogP contribution in [0, 0.1) is 11.8 Å². The van der Waals surface area contributed by atoms with Gasteiger partial charge in [0.25, 0.3) is 5.91 Å². The lowest BCUT2D eigenvalue weighted by Gasteiger charge is -2.34. The maximum atomic E-state index is 12.6. The molecule has 1 aliphatic heterocycles. The molecule has 5 heteroatoms. The maximum absolute atomic E-state index is 12.6. The topological polar surface area (TPSA) is 51.0 Å². The molecule has 1 aromatic heterocycles. The number of hydrogen-bond acceptors (Lipinski definition) is 3. The van der Waals surface area contributed by atoms with Gasteiger partial charge in [-0.2, -0.15) is 0 Å². The highest BCUT2D eigenvalue weighted by Gasteiger charge is 2.27. The number of hydrogen-bond donors (Lipinski definition) is 0. The zero-order valence-corrected chi connectivity index (χ0v) is 13.1. The molecule has 1 aliphatic rings. The summed E-state index contributed by atoms with van der Waals surface area (Å²) >= 11 is 0. The number of rotatable bonds is 3. The van der Waals surface area contributed by atoms with Crippen molar-refractivity contribution in [1.29, 1.82) is 0 Å². The number of amides is 1. The molecule has 2 unspecified atom stereocenters. The van der Waals surface area contributed by atoms with Gasteiger partial charge in [0.2, 0.25) is 0 Å². The normalized spacial score (nSPS) is 21.8. The summed E-state index contributed by atoms with van der Waals surface area (Å²) in [5, 5.41) is 8.14. The Hall–Kier alpha value is -2.17. The van der Waals surface area contributed by atoms with Crippen molar-refractivity contribution >= 4 is 5.91 Å². The van der Waals surface area contributed by atoms with Crippen molar-refractivity contribution in [2.24, 2.45) is 11.8 Å². The minimum Gasteiger partial charge on any atom is -0.337 e. The van der Waals surface area contributed by atoms with Gasteiger partial charge >= 0.3 is 0 Å². The largest absolute Gasteiger partial charge is 0.337 e. The fourth-order valence-corrected chi connectivity index (χ4v) is 3.23.